The van der Waals surface area contributed by atoms with E-state index in [1.807, 2.05) is 6.92 Å². The molecule has 15 heavy (non-hydrogen) atoms. The second-order valence-corrected chi connectivity index (χ2v) is 3.60. The third-order valence-corrected chi connectivity index (χ3v) is 2.47. The Morgan fingerprint density at radius 3 is 2.93 bits per heavy atom. The Bertz CT molecular complexity index is 317. The van der Waals surface area contributed by atoms with Gasteiger partial charge in [-0.05, 0) is 12.5 Å². The number of carbonyl (C=O) groups is 1. The summed E-state index contributed by atoms with van der Waals surface area (Å²) in [5.41, 5.74) is 5.54. The lowest BCUT2D eigenvalue weighted by atomic mass is 10.0. The van der Waals surface area contributed by atoms with E-state index in [0.29, 0.717) is 18.8 Å². The van der Waals surface area contributed by atoms with Gasteiger partial charge in [-0.2, -0.15) is 5.10 Å². The molecule has 0 spiro atoms. The summed E-state index contributed by atoms with van der Waals surface area (Å²) in [6.07, 6.45) is 3.04. The van der Waals surface area contributed by atoms with Crippen molar-refractivity contribution in [1.82, 2.24) is 9.78 Å². The number of aryl methyl sites for hydroxylation is 1. The van der Waals surface area contributed by atoms with E-state index in [1.165, 1.54) is 0 Å². The molecule has 1 rings (SSSR count). The van der Waals surface area contributed by atoms with E-state index < -0.39 is 0 Å². The highest BCUT2D eigenvalue weighted by Crippen LogP contribution is 2.09. The monoisotopic (exact) mass is 210 g/mol. The van der Waals surface area contributed by atoms with E-state index in [9.17, 15) is 4.79 Å². The van der Waals surface area contributed by atoms with E-state index in [-0.39, 0.29) is 11.8 Å². The minimum absolute atomic E-state index is 0.00380. The van der Waals surface area contributed by atoms with E-state index in [4.69, 9.17) is 5.73 Å². The molecule has 1 heterocycles. The molecule has 0 radical (unpaired) electrons. The van der Waals surface area contributed by atoms with Crippen molar-refractivity contribution < 1.29 is 4.79 Å². The van der Waals surface area contributed by atoms with Crippen molar-refractivity contribution in [1.29, 1.82) is 0 Å². The average molecular weight is 210 g/mol. The molecule has 0 fully saturated rings. The Kier molecular flexibility index (Phi) is 4.30. The second kappa shape index (κ2) is 5.50. The largest absolute Gasteiger partial charge is 0.330 e. The van der Waals surface area contributed by atoms with Gasteiger partial charge in [-0.3, -0.25) is 9.48 Å². The number of amides is 1. The van der Waals surface area contributed by atoms with Crippen molar-refractivity contribution in [2.24, 2.45) is 18.7 Å². The van der Waals surface area contributed by atoms with Gasteiger partial charge in [0.05, 0.1) is 6.20 Å². The second-order valence-electron chi connectivity index (χ2n) is 3.60. The number of nitrogens with two attached hydrogens (primary N) is 1. The number of anilines is 1. The SMILES string of the molecule is CCC(CN)CC(=O)Nc1ccnn1C. The molecule has 0 aliphatic rings. The molecule has 0 saturated heterocycles. The number of carbonyl (C=O) groups excluding carboxylic acids is 1. The molecule has 0 bridgehead atoms. The van der Waals surface area contributed by atoms with Crippen molar-refractivity contribution in [2.75, 3.05) is 11.9 Å². The Labute approximate surface area is 89.6 Å². The molecule has 0 aliphatic carbocycles. The molecule has 84 valence electrons. The first-order chi connectivity index (χ1) is 7.17. The van der Waals surface area contributed by atoms with Crippen molar-refractivity contribution in [3.63, 3.8) is 0 Å². The molecule has 5 nitrogen and oxygen atoms in total. The zero-order valence-corrected chi connectivity index (χ0v) is 9.23. The van der Waals surface area contributed by atoms with Gasteiger partial charge in [0.2, 0.25) is 5.91 Å². The standard InChI is InChI=1S/C10H18N4O/c1-3-8(7-11)6-10(15)13-9-4-5-12-14(9)2/h4-5,8H,3,6-7,11H2,1-2H3,(H,13,15). The maximum absolute atomic E-state index is 11.6. The summed E-state index contributed by atoms with van der Waals surface area (Å²) in [5, 5.41) is 6.76. The van der Waals surface area contributed by atoms with E-state index >= 15 is 0 Å². The predicted molar refractivity (Wildman–Crippen MR) is 59.3 cm³/mol. The van der Waals surface area contributed by atoms with E-state index in [0.717, 1.165) is 6.42 Å². The van der Waals surface area contributed by atoms with Crippen molar-refractivity contribution in [3.8, 4) is 0 Å². The Hall–Kier alpha value is -1.36. The highest BCUT2D eigenvalue weighted by Gasteiger charge is 2.11. The van der Waals surface area contributed by atoms with Crippen LogP contribution in [0, 0.1) is 5.92 Å². The van der Waals surface area contributed by atoms with Crippen LogP contribution in [0.1, 0.15) is 19.8 Å². The Morgan fingerprint density at radius 2 is 2.47 bits per heavy atom. The van der Waals surface area contributed by atoms with Crippen molar-refractivity contribution in [3.05, 3.63) is 12.3 Å². The molecule has 1 aromatic rings. The highest BCUT2D eigenvalue weighted by molar-refractivity contribution is 5.89. The molecule has 1 aromatic heterocycles. The average Bonchev–Trinajstić information content (AvgIpc) is 2.61. The zero-order chi connectivity index (χ0) is 11.3. The number of hydrogen-bond donors (Lipinski definition) is 2. The molecule has 3 N–H and O–H groups in total. The number of nitrogens with one attached hydrogen (secondary N) is 1. The maximum atomic E-state index is 11.6. The lowest BCUT2D eigenvalue weighted by molar-refractivity contribution is -0.117. The summed E-state index contributed by atoms with van der Waals surface area (Å²) >= 11 is 0. The molecule has 0 aliphatic heterocycles. The van der Waals surface area contributed by atoms with Gasteiger partial charge in [0.25, 0.3) is 0 Å². The third-order valence-electron chi connectivity index (χ3n) is 2.47. The van der Waals surface area contributed by atoms with Gasteiger partial charge >= 0.3 is 0 Å². The molecule has 0 aromatic carbocycles. The normalized spacial score (nSPS) is 12.5. The van der Waals surface area contributed by atoms with Crippen LogP contribution in [0.5, 0.6) is 0 Å². The van der Waals surface area contributed by atoms with Gasteiger partial charge in [0, 0.05) is 19.5 Å². The van der Waals surface area contributed by atoms with Crippen LogP contribution in [0.25, 0.3) is 0 Å². The fourth-order valence-electron chi connectivity index (χ4n) is 1.35. The minimum Gasteiger partial charge on any atom is -0.330 e. The van der Waals surface area contributed by atoms with Crippen molar-refractivity contribution >= 4 is 11.7 Å². The highest BCUT2D eigenvalue weighted by atomic mass is 16.1. The quantitative estimate of drug-likeness (QED) is 0.752. The smallest absolute Gasteiger partial charge is 0.225 e. The summed E-state index contributed by atoms with van der Waals surface area (Å²) in [5.74, 6) is 0.973. The van der Waals surface area contributed by atoms with Crippen LogP contribution in [-0.2, 0) is 11.8 Å². The zero-order valence-electron chi connectivity index (χ0n) is 9.23. The molecule has 1 amide bonds. The maximum Gasteiger partial charge on any atom is 0.225 e. The van der Waals surface area contributed by atoms with Gasteiger partial charge in [0.1, 0.15) is 5.82 Å². The van der Waals surface area contributed by atoms with Gasteiger partial charge in [-0.15, -0.1) is 0 Å². The first-order valence-corrected chi connectivity index (χ1v) is 5.15. The number of rotatable bonds is 5. The fourth-order valence-corrected chi connectivity index (χ4v) is 1.35. The van der Waals surface area contributed by atoms with Crippen LogP contribution in [0.2, 0.25) is 0 Å². The molecular weight excluding hydrogens is 192 g/mol. The lowest BCUT2D eigenvalue weighted by Gasteiger charge is -2.11. The van der Waals surface area contributed by atoms with Crippen LogP contribution in [0.15, 0.2) is 12.3 Å². The summed E-state index contributed by atoms with van der Waals surface area (Å²) in [6.45, 7) is 2.59. The molecule has 5 heteroatoms. The molecule has 0 saturated carbocycles. The topological polar surface area (TPSA) is 72.9 Å². The number of hydrogen-bond acceptors (Lipinski definition) is 3. The van der Waals surface area contributed by atoms with Gasteiger partial charge in [0.15, 0.2) is 0 Å². The first-order valence-electron chi connectivity index (χ1n) is 5.15. The molecular formula is C10H18N4O. The molecule has 1 unspecified atom stereocenters. The fraction of sp³-hybridized carbons (Fsp3) is 0.600. The summed E-state index contributed by atoms with van der Waals surface area (Å²) in [4.78, 5) is 11.6. The van der Waals surface area contributed by atoms with Gasteiger partial charge < -0.3 is 11.1 Å². The van der Waals surface area contributed by atoms with Crippen LogP contribution < -0.4 is 11.1 Å². The molecule has 1 atom stereocenters. The van der Waals surface area contributed by atoms with Crippen LogP contribution in [-0.4, -0.2) is 22.2 Å². The van der Waals surface area contributed by atoms with Gasteiger partial charge in [-0.1, -0.05) is 13.3 Å². The lowest BCUT2D eigenvalue weighted by Crippen LogP contribution is -2.22. The van der Waals surface area contributed by atoms with Crippen molar-refractivity contribution in [2.45, 2.75) is 19.8 Å². The first kappa shape index (κ1) is 11.7. The van der Waals surface area contributed by atoms with E-state index in [1.54, 1.807) is 24.0 Å². The predicted octanol–water partition coefficient (Wildman–Crippen LogP) is 0.734. The Balaban J connectivity index is 2.46. The summed E-state index contributed by atoms with van der Waals surface area (Å²) in [7, 11) is 1.79. The van der Waals surface area contributed by atoms with Crippen LogP contribution >= 0.6 is 0 Å². The van der Waals surface area contributed by atoms with Crippen LogP contribution in [0.3, 0.4) is 0 Å². The number of nitrogens with zero attached hydrogens (tertiary/aromatic N) is 2. The number of aromatic nitrogens is 2. The van der Waals surface area contributed by atoms with E-state index in [2.05, 4.69) is 10.4 Å². The summed E-state index contributed by atoms with van der Waals surface area (Å²) < 4.78 is 1.63. The summed E-state index contributed by atoms with van der Waals surface area (Å²) in [6, 6.07) is 1.77. The third kappa shape index (κ3) is 3.36. The van der Waals surface area contributed by atoms with Crippen LogP contribution in [0.4, 0.5) is 5.82 Å². The minimum atomic E-state index is -0.00380. The Morgan fingerprint density at radius 1 is 1.73 bits per heavy atom. The van der Waals surface area contributed by atoms with Gasteiger partial charge in [-0.25, -0.2) is 0 Å².